The summed E-state index contributed by atoms with van der Waals surface area (Å²) in [6.07, 6.45) is 2.26. The van der Waals surface area contributed by atoms with Gasteiger partial charge in [-0.05, 0) is 20.1 Å². The molecule has 0 aliphatic carbocycles. The highest BCUT2D eigenvalue weighted by molar-refractivity contribution is 8.00. The van der Waals surface area contributed by atoms with E-state index in [0.717, 1.165) is 6.42 Å². The molecule has 4 heteroatoms. The lowest BCUT2D eigenvalue weighted by atomic mass is 10.3. The zero-order valence-corrected chi connectivity index (χ0v) is 7.78. The molecule has 0 aromatic heterocycles. The Morgan fingerprint density at radius 3 is 2.60 bits per heavy atom. The van der Waals surface area contributed by atoms with Crippen LogP contribution in [0.2, 0.25) is 0 Å². The van der Waals surface area contributed by atoms with Gasteiger partial charge in [0.2, 0.25) is 0 Å². The molecule has 0 aliphatic rings. The Hall–Kier alpha value is 0.0400. The van der Waals surface area contributed by atoms with Crippen molar-refractivity contribution in [3.63, 3.8) is 0 Å². The van der Waals surface area contributed by atoms with Gasteiger partial charge in [-0.15, -0.1) is 0 Å². The lowest BCUT2D eigenvalue weighted by Crippen LogP contribution is -2.07. The molecule has 0 saturated heterocycles. The van der Waals surface area contributed by atoms with Crippen LogP contribution in [0.1, 0.15) is 13.3 Å². The van der Waals surface area contributed by atoms with E-state index in [1.54, 1.807) is 0 Å². The van der Waals surface area contributed by atoms with E-state index in [9.17, 15) is 0 Å². The van der Waals surface area contributed by atoms with Crippen LogP contribution in [-0.2, 0) is 0 Å². The summed E-state index contributed by atoms with van der Waals surface area (Å²) >= 11 is 8.40. The van der Waals surface area contributed by atoms with Crippen molar-refractivity contribution in [1.29, 1.82) is 0 Å². The molecule has 0 heterocycles. The first-order valence-electron chi connectivity index (χ1n) is 2.95. The van der Waals surface area contributed by atoms with Crippen LogP contribution in [0.4, 0.5) is 0 Å². The zero-order chi connectivity index (χ0) is 8.04. The second-order valence-electron chi connectivity index (χ2n) is 2.17. The van der Waals surface area contributed by atoms with Crippen LogP contribution in [0.3, 0.4) is 0 Å². The van der Waals surface area contributed by atoms with Gasteiger partial charge in [0.25, 0.3) is 0 Å². The molecule has 0 fully saturated rings. The lowest BCUT2D eigenvalue weighted by molar-refractivity contribution is 0.791. The SMILES string of the molecule is C=NC=NCCC(C)(S)S. The standard InChI is InChI=1S/C6H12N2S2/c1-6(9,10)3-4-8-5-7-2/h5,9-10H,2-4H2,1H3. The molecule has 0 rings (SSSR count). The fraction of sp³-hybridized carbons (Fsp3) is 0.667. The van der Waals surface area contributed by atoms with E-state index >= 15 is 0 Å². The van der Waals surface area contributed by atoms with Gasteiger partial charge in [0.1, 0.15) is 6.34 Å². The Bertz CT molecular complexity index is 126. The van der Waals surface area contributed by atoms with Crippen molar-refractivity contribution in [2.75, 3.05) is 6.54 Å². The maximum atomic E-state index is 4.20. The van der Waals surface area contributed by atoms with E-state index in [1.165, 1.54) is 6.34 Å². The smallest absolute Gasteiger partial charge is 0.109 e. The van der Waals surface area contributed by atoms with Gasteiger partial charge >= 0.3 is 0 Å². The van der Waals surface area contributed by atoms with Crippen LogP contribution >= 0.6 is 25.3 Å². The molecule has 0 spiro atoms. The number of rotatable bonds is 4. The summed E-state index contributed by atoms with van der Waals surface area (Å²) in [5, 5.41) is 0. The minimum atomic E-state index is -0.238. The first kappa shape index (κ1) is 10.0. The summed E-state index contributed by atoms with van der Waals surface area (Å²) in [6, 6.07) is 0. The highest BCUT2D eigenvalue weighted by atomic mass is 32.2. The summed E-state index contributed by atoms with van der Waals surface area (Å²) in [6.45, 7) is 5.88. The highest BCUT2D eigenvalue weighted by Gasteiger charge is 2.10. The molecule has 0 unspecified atom stereocenters. The monoisotopic (exact) mass is 176 g/mol. The molecule has 0 aromatic carbocycles. The summed E-state index contributed by atoms with van der Waals surface area (Å²) < 4.78 is -0.238. The number of aliphatic imine (C=N–C) groups is 2. The van der Waals surface area contributed by atoms with Gasteiger partial charge in [0.05, 0.1) is 4.08 Å². The lowest BCUT2D eigenvalue weighted by Gasteiger charge is -2.13. The molecule has 0 aliphatic heterocycles. The molecule has 0 aromatic rings. The second-order valence-corrected chi connectivity index (χ2v) is 4.50. The van der Waals surface area contributed by atoms with Crippen molar-refractivity contribution in [3.8, 4) is 0 Å². The van der Waals surface area contributed by atoms with Crippen molar-refractivity contribution in [2.45, 2.75) is 17.4 Å². The fourth-order valence-electron chi connectivity index (χ4n) is 0.392. The normalized spacial score (nSPS) is 12.3. The second kappa shape index (κ2) is 4.79. The van der Waals surface area contributed by atoms with Gasteiger partial charge in [0, 0.05) is 6.54 Å². The number of hydrogen-bond donors (Lipinski definition) is 2. The van der Waals surface area contributed by atoms with Crippen molar-refractivity contribution in [2.24, 2.45) is 9.98 Å². The van der Waals surface area contributed by atoms with Gasteiger partial charge < -0.3 is 0 Å². The average Bonchev–Trinajstić information content (AvgIpc) is 1.78. The summed E-state index contributed by atoms with van der Waals surface area (Å²) in [7, 11) is 0. The fourth-order valence-corrected chi connectivity index (χ4v) is 0.592. The minimum absolute atomic E-state index is 0.238. The maximum absolute atomic E-state index is 4.20. The number of thiol groups is 2. The Labute approximate surface area is 72.7 Å². The largest absolute Gasteiger partial charge is 0.273 e. The molecule has 58 valence electrons. The summed E-state index contributed by atoms with van der Waals surface area (Å²) in [5.41, 5.74) is 0. The van der Waals surface area contributed by atoms with Crippen LogP contribution in [-0.4, -0.2) is 23.7 Å². The summed E-state index contributed by atoms with van der Waals surface area (Å²) in [4.78, 5) is 7.39. The van der Waals surface area contributed by atoms with Crippen LogP contribution in [0.5, 0.6) is 0 Å². The predicted molar refractivity (Wildman–Crippen MR) is 53.9 cm³/mol. The Kier molecular flexibility index (Phi) is 4.81. The molecule has 0 N–H and O–H groups in total. The number of nitrogens with zero attached hydrogens (tertiary/aromatic N) is 2. The Morgan fingerprint density at radius 1 is 1.60 bits per heavy atom. The van der Waals surface area contributed by atoms with Crippen LogP contribution in [0.25, 0.3) is 0 Å². The van der Waals surface area contributed by atoms with Gasteiger partial charge in [0.15, 0.2) is 0 Å². The van der Waals surface area contributed by atoms with Gasteiger partial charge in [-0.25, -0.2) is 0 Å². The molecular formula is C6H12N2S2. The first-order chi connectivity index (χ1) is 4.56. The van der Waals surface area contributed by atoms with Crippen molar-refractivity contribution in [1.82, 2.24) is 0 Å². The van der Waals surface area contributed by atoms with Crippen LogP contribution < -0.4 is 0 Å². The number of hydrogen-bond acceptors (Lipinski definition) is 3. The summed E-state index contributed by atoms with van der Waals surface area (Å²) in [5.74, 6) is 0. The zero-order valence-electron chi connectivity index (χ0n) is 5.99. The molecule has 0 atom stereocenters. The molecule has 0 saturated carbocycles. The Balaban J connectivity index is 3.37. The predicted octanol–water partition coefficient (Wildman–Crippen LogP) is 1.68. The van der Waals surface area contributed by atoms with Crippen molar-refractivity contribution >= 4 is 38.3 Å². The van der Waals surface area contributed by atoms with Crippen LogP contribution in [0, 0.1) is 0 Å². The van der Waals surface area contributed by atoms with Gasteiger partial charge in [-0.3, -0.25) is 9.98 Å². The average molecular weight is 176 g/mol. The molecular weight excluding hydrogens is 164 g/mol. The van der Waals surface area contributed by atoms with E-state index < -0.39 is 0 Å². The van der Waals surface area contributed by atoms with Gasteiger partial charge in [-0.2, -0.15) is 25.3 Å². The Morgan fingerprint density at radius 2 is 2.20 bits per heavy atom. The van der Waals surface area contributed by atoms with E-state index in [4.69, 9.17) is 0 Å². The van der Waals surface area contributed by atoms with E-state index in [2.05, 4.69) is 42.0 Å². The third kappa shape index (κ3) is 8.04. The van der Waals surface area contributed by atoms with Crippen molar-refractivity contribution in [3.05, 3.63) is 0 Å². The van der Waals surface area contributed by atoms with E-state index in [0.29, 0.717) is 6.54 Å². The third-order valence-electron chi connectivity index (χ3n) is 0.878. The van der Waals surface area contributed by atoms with E-state index in [-0.39, 0.29) is 4.08 Å². The molecule has 0 amide bonds. The minimum Gasteiger partial charge on any atom is -0.273 e. The molecule has 0 bridgehead atoms. The van der Waals surface area contributed by atoms with E-state index in [1.807, 2.05) is 6.92 Å². The molecule has 10 heavy (non-hydrogen) atoms. The topological polar surface area (TPSA) is 24.7 Å². The first-order valence-corrected chi connectivity index (χ1v) is 3.84. The molecule has 0 radical (unpaired) electrons. The van der Waals surface area contributed by atoms with Crippen LogP contribution in [0.15, 0.2) is 9.98 Å². The highest BCUT2D eigenvalue weighted by Crippen LogP contribution is 2.22. The van der Waals surface area contributed by atoms with Crippen molar-refractivity contribution < 1.29 is 0 Å². The maximum Gasteiger partial charge on any atom is 0.109 e. The molecule has 2 nitrogen and oxygen atoms in total. The quantitative estimate of drug-likeness (QED) is 0.282. The van der Waals surface area contributed by atoms with Gasteiger partial charge in [-0.1, -0.05) is 0 Å². The third-order valence-corrected chi connectivity index (χ3v) is 1.33.